The van der Waals surface area contributed by atoms with Crippen LogP contribution >= 0.6 is 0 Å². The second kappa shape index (κ2) is 6.06. The number of carbonyl (C=O) groups is 1. The number of benzene rings is 1. The summed E-state index contributed by atoms with van der Waals surface area (Å²) >= 11 is 0. The molecular formula is C15H22N2O2. The SMILES string of the molecule is CNC(=O)c1cccc(NC2CCOC(C)C2)c1C. The molecule has 0 saturated carbocycles. The summed E-state index contributed by atoms with van der Waals surface area (Å²) in [5.74, 6) is -0.0403. The second-order valence-corrected chi connectivity index (χ2v) is 5.10. The average Bonchev–Trinajstić information content (AvgIpc) is 2.40. The molecule has 0 radical (unpaired) electrons. The van der Waals surface area contributed by atoms with Crippen LogP contribution in [0.4, 0.5) is 5.69 Å². The summed E-state index contributed by atoms with van der Waals surface area (Å²) in [6.07, 6.45) is 2.31. The van der Waals surface area contributed by atoms with Gasteiger partial charge in [0.05, 0.1) is 6.10 Å². The van der Waals surface area contributed by atoms with Crippen LogP contribution in [0, 0.1) is 6.92 Å². The summed E-state index contributed by atoms with van der Waals surface area (Å²) in [4.78, 5) is 11.8. The average molecular weight is 262 g/mol. The zero-order chi connectivity index (χ0) is 13.8. The first kappa shape index (κ1) is 13.9. The number of nitrogens with one attached hydrogen (secondary N) is 2. The Morgan fingerprint density at radius 1 is 1.42 bits per heavy atom. The van der Waals surface area contributed by atoms with Gasteiger partial charge in [-0.25, -0.2) is 0 Å². The zero-order valence-electron chi connectivity index (χ0n) is 11.8. The van der Waals surface area contributed by atoms with E-state index >= 15 is 0 Å². The van der Waals surface area contributed by atoms with Gasteiger partial charge >= 0.3 is 0 Å². The first-order valence-corrected chi connectivity index (χ1v) is 6.81. The Balaban J connectivity index is 2.14. The van der Waals surface area contributed by atoms with Crippen molar-refractivity contribution in [1.29, 1.82) is 0 Å². The van der Waals surface area contributed by atoms with Crippen LogP contribution in [0.15, 0.2) is 18.2 Å². The van der Waals surface area contributed by atoms with Crippen molar-refractivity contribution in [2.24, 2.45) is 0 Å². The fourth-order valence-electron chi connectivity index (χ4n) is 2.52. The third kappa shape index (κ3) is 3.26. The van der Waals surface area contributed by atoms with Gasteiger partial charge in [0.2, 0.25) is 0 Å². The minimum atomic E-state index is -0.0403. The van der Waals surface area contributed by atoms with Crippen molar-refractivity contribution in [1.82, 2.24) is 5.32 Å². The van der Waals surface area contributed by atoms with Gasteiger partial charge < -0.3 is 15.4 Å². The molecule has 1 aliphatic rings. The molecule has 2 rings (SSSR count). The molecule has 1 fully saturated rings. The van der Waals surface area contributed by atoms with Crippen molar-refractivity contribution < 1.29 is 9.53 Å². The minimum Gasteiger partial charge on any atom is -0.382 e. The largest absolute Gasteiger partial charge is 0.382 e. The van der Waals surface area contributed by atoms with E-state index < -0.39 is 0 Å². The molecule has 1 aromatic rings. The van der Waals surface area contributed by atoms with Gasteiger partial charge in [-0.1, -0.05) is 6.07 Å². The molecule has 2 N–H and O–H groups in total. The van der Waals surface area contributed by atoms with Crippen LogP contribution in [0.3, 0.4) is 0 Å². The Bertz CT molecular complexity index is 459. The van der Waals surface area contributed by atoms with E-state index in [0.29, 0.717) is 12.1 Å². The number of hydrogen-bond donors (Lipinski definition) is 2. The van der Waals surface area contributed by atoms with Gasteiger partial charge in [0.25, 0.3) is 5.91 Å². The smallest absolute Gasteiger partial charge is 0.251 e. The molecule has 1 aliphatic heterocycles. The molecule has 0 aliphatic carbocycles. The Labute approximate surface area is 114 Å². The summed E-state index contributed by atoms with van der Waals surface area (Å²) in [5.41, 5.74) is 2.77. The molecule has 1 heterocycles. The summed E-state index contributed by atoms with van der Waals surface area (Å²) in [6.45, 7) is 4.88. The summed E-state index contributed by atoms with van der Waals surface area (Å²) in [6, 6.07) is 6.22. The van der Waals surface area contributed by atoms with E-state index in [1.165, 1.54) is 0 Å². The van der Waals surface area contributed by atoms with Gasteiger partial charge in [-0.15, -0.1) is 0 Å². The quantitative estimate of drug-likeness (QED) is 0.879. The molecule has 4 nitrogen and oxygen atoms in total. The predicted molar refractivity (Wildman–Crippen MR) is 76.6 cm³/mol. The fraction of sp³-hybridized carbons (Fsp3) is 0.533. The first-order valence-electron chi connectivity index (χ1n) is 6.81. The van der Waals surface area contributed by atoms with Crippen LogP contribution in [0.1, 0.15) is 35.7 Å². The van der Waals surface area contributed by atoms with Crippen molar-refractivity contribution in [3.05, 3.63) is 29.3 Å². The molecule has 0 bridgehead atoms. The zero-order valence-corrected chi connectivity index (χ0v) is 11.8. The number of ether oxygens (including phenoxy) is 1. The monoisotopic (exact) mass is 262 g/mol. The number of rotatable bonds is 3. The lowest BCUT2D eigenvalue weighted by atomic mass is 10.0. The number of carbonyl (C=O) groups excluding carboxylic acids is 1. The molecule has 104 valence electrons. The fourth-order valence-corrected chi connectivity index (χ4v) is 2.52. The maximum atomic E-state index is 11.8. The molecule has 2 atom stereocenters. The number of hydrogen-bond acceptors (Lipinski definition) is 3. The van der Waals surface area contributed by atoms with E-state index in [0.717, 1.165) is 36.3 Å². The first-order chi connectivity index (χ1) is 9.11. The van der Waals surface area contributed by atoms with Crippen LogP contribution < -0.4 is 10.6 Å². The normalized spacial score (nSPS) is 22.9. The van der Waals surface area contributed by atoms with Crippen molar-refractivity contribution in [3.8, 4) is 0 Å². The Morgan fingerprint density at radius 3 is 2.89 bits per heavy atom. The van der Waals surface area contributed by atoms with Gasteiger partial charge in [0.15, 0.2) is 0 Å². The van der Waals surface area contributed by atoms with E-state index in [4.69, 9.17) is 4.74 Å². The van der Waals surface area contributed by atoms with Gasteiger partial charge in [-0.3, -0.25) is 4.79 Å². The lowest BCUT2D eigenvalue weighted by Crippen LogP contribution is -2.32. The predicted octanol–water partition coefficient (Wildman–Crippen LogP) is 2.33. The summed E-state index contributed by atoms with van der Waals surface area (Å²) < 4.78 is 5.55. The highest BCUT2D eigenvalue weighted by molar-refractivity contribution is 5.96. The Hall–Kier alpha value is -1.55. The second-order valence-electron chi connectivity index (χ2n) is 5.10. The number of anilines is 1. The van der Waals surface area contributed by atoms with Crippen LogP contribution in [0.25, 0.3) is 0 Å². The minimum absolute atomic E-state index is 0.0403. The van der Waals surface area contributed by atoms with Crippen LogP contribution in [-0.2, 0) is 4.74 Å². The lowest BCUT2D eigenvalue weighted by molar-refractivity contribution is 0.0232. The molecule has 1 amide bonds. The van der Waals surface area contributed by atoms with E-state index in [9.17, 15) is 4.79 Å². The standard InChI is InChI=1S/C15H22N2O2/c1-10-9-12(7-8-19-10)17-14-6-4-5-13(11(14)2)15(18)16-3/h4-6,10,12,17H,7-9H2,1-3H3,(H,16,18). The van der Waals surface area contributed by atoms with Crippen molar-refractivity contribution in [3.63, 3.8) is 0 Å². The topological polar surface area (TPSA) is 50.4 Å². The van der Waals surface area contributed by atoms with E-state index in [1.54, 1.807) is 7.05 Å². The van der Waals surface area contributed by atoms with Gasteiger partial charge in [-0.05, 0) is 44.4 Å². The van der Waals surface area contributed by atoms with Crippen molar-refractivity contribution in [2.75, 3.05) is 19.0 Å². The van der Waals surface area contributed by atoms with Crippen LogP contribution in [0.2, 0.25) is 0 Å². The van der Waals surface area contributed by atoms with Crippen molar-refractivity contribution in [2.45, 2.75) is 38.8 Å². The Kier molecular flexibility index (Phi) is 4.43. The van der Waals surface area contributed by atoms with Gasteiger partial charge in [0.1, 0.15) is 0 Å². The highest BCUT2D eigenvalue weighted by Gasteiger charge is 2.20. The molecular weight excluding hydrogens is 240 g/mol. The van der Waals surface area contributed by atoms with Crippen LogP contribution in [0.5, 0.6) is 0 Å². The van der Waals surface area contributed by atoms with E-state index in [-0.39, 0.29) is 5.91 Å². The molecule has 0 spiro atoms. The molecule has 4 heteroatoms. The number of amides is 1. The third-order valence-corrected chi connectivity index (χ3v) is 3.65. The van der Waals surface area contributed by atoms with Crippen molar-refractivity contribution >= 4 is 11.6 Å². The van der Waals surface area contributed by atoms with E-state index in [2.05, 4.69) is 17.6 Å². The highest BCUT2D eigenvalue weighted by atomic mass is 16.5. The molecule has 2 unspecified atom stereocenters. The highest BCUT2D eigenvalue weighted by Crippen LogP contribution is 2.23. The molecule has 1 aromatic carbocycles. The van der Waals surface area contributed by atoms with E-state index in [1.807, 2.05) is 25.1 Å². The Morgan fingerprint density at radius 2 is 2.21 bits per heavy atom. The van der Waals surface area contributed by atoms with Gasteiger partial charge in [0, 0.05) is 30.9 Å². The lowest BCUT2D eigenvalue weighted by Gasteiger charge is -2.29. The summed E-state index contributed by atoms with van der Waals surface area (Å²) in [7, 11) is 1.65. The summed E-state index contributed by atoms with van der Waals surface area (Å²) in [5, 5.41) is 6.21. The maximum Gasteiger partial charge on any atom is 0.251 e. The molecule has 1 saturated heterocycles. The van der Waals surface area contributed by atoms with Crippen LogP contribution in [-0.4, -0.2) is 31.7 Å². The van der Waals surface area contributed by atoms with Gasteiger partial charge in [-0.2, -0.15) is 0 Å². The third-order valence-electron chi connectivity index (χ3n) is 3.65. The molecule has 19 heavy (non-hydrogen) atoms. The maximum absolute atomic E-state index is 11.8. The molecule has 0 aromatic heterocycles.